The van der Waals surface area contributed by atoms with Crippen molar-refractivity contribution >= 4 is 0 Å². The Balaban J connectivity index is 2.71. The predicted molar refractivity (Wildman–Crippen MR) is 78.9 cm³/mol. The summed E-state index contributed by atoms with van der Waals surface area (Å²) in [6.07, 6.45) is 9.39. The van der Waals surface area contributed by atoms with Crippen LogP contribution in [0.15, 0.2) is 12.5 Å². The summed E-state index contributed by atoms with van der Waals surface area (Å²) in [6, 6.07) is 0.526. The van der Waals surface area contributed by atoms with Gasteiger partial charge in [0.1, 0.15) is 0 Å². The van der Waals surface area contributed by atoms with Crippen molar-refractivity contribution in [3.05, 3.63) is 18.2 Å². The van der Waals surface area contributed by atoms with E-state index >= 15 is 0 Å². The molecule has 0 aromatic carbocycles. The highest BCUT2D eigenvalue weighted by Gasteiger charge is 2.23. The molecule has 1 unspecified atom stereocenters. The fourth-order valence-corrected chi connectivity index (χ4v) is 2.20. The number of hydrogen-bond donors (Lipinski definition) is 0. The van der Waals surface area contributed by atoms with Crippen LogP contribution in [0.3, 0.4) is 0 Å². The van der Waals surface area contributed by atoms with E-state index < -0.39 is 0 Å². The van der Waals surface area contributed by atoms with Crippen LogP contribution in [0.5, 0.6) is 0 Å². The molecule has 18 heavy (non-hydrogen) atoms. The van der Waals surface area contributed by atoms with Gasteiger partial charge in [-0.3, -0.25) is 0 Å². The molecule has 2 heteroatoms. The maximum Gasteiger partial charge on any atom is 0.0952 e. The summed E-state index contributed by atoms with van der Waals surface area (Å²) in [7, 11) is 0. The van der Waals surface area contributed by atoms with Gasteiger partial charge < -0.3 is 4.57 Å². The molecule has 0 amide bonds. The van der Waals surface area contributed by atoms with Gasteiger partial charge in [-0.05, 0) is 19.3 Å². The van der Waals surface area contributed by atoms with Gasteiger partial charge >= 0.3 is 0 Å². The molecule has 0 saturated heterocycles. The molecule has 0 radical (unpaired) electrons. The van der Waals surface area contributed by atoms with Gasteiger partial charge in [0.2, 0.25) is 0 Å². The second kappa shape index (κ2) is 6.40. The quantitative estimate of drug-likeness (QED) is 0.625. The molecule has 0 aliphatic carbocycles. The van der Waals surface area contributed by atoms with Gasteiger partial charge in [-0.15, -0.1) is 0 Å². The van der Waals surface area contributed by atoms with Gasteiger partial charge in [-0.1, -0.05) is 53.9 Å². The zero-order valence-electron chi connectivity index (χ0n) is 13.0. The van der Waals surface area contributed by atoms with Crippen molar-refractivity contribution in [1.29, 1.82) is 0 Å². The van der Waals surface area contributed by atoms with E-state index in [2.05, 4.69) is 57.3 Å². The van der Waals surface area contributed by atoms with Gasteiger partial charge in [0.25, 0.3) is 0 Å². The van der Waals surface area contributed by atoms with E-state index in [1.54, 1.807) is 0 Å². The van der Waals surface area contributed by atoms with E-state index in [1.807, 2.05) is 6.33 Å². The lowest BCUT2D eigenvalue weighted by Crippen LogP contribution is -2.18. The Hall–Kier alpha value is -0.790. The molecule has 1 heterocycles. The third-order valence-electron chi connectivity index (χ3n) is 4.14. The van der Waals surface area contributed by atoms with Crippen molar-refractivity contribution in [3.8, 4) is 0 Å². The fraction of sp³-hybridized carbons (Fsp3) is 0.812. The first kappa shape index (κ1) is 15.3. The molecular weight excluding hydrogens is 220 g/mol. The number of unbranched alkanes of at least 4 members (excludes halogenated alkanes) is 2. The smallest absolute Gasteiger partial charge is 0.0952 e. The van der Waals surface area contributed by atoms with Crippen LogP contribution in [0.25, 0.3) is 0 Å². The predicted octanol–water partition coefficient (Wildman–Crippen LogP) is 4.96. The third-order valence-corrected chi connectivity index (χ3v) is 4.14. The summed E-state index contributed by atoms with van der Waals surface area (Å²) in [6.45, 7) is 13.7. The van der Waals surface area contributed by atoms with Crippen LogP contribution in [0.4, 0.5) is 0 Å². The lowest BCUT2D eigenvalue weighted by molar-refractivity contribution is 0.404. The van der Waals surface area contributed by atoms with E-state index in [0.717, 1.165) is 0 Å². The van der Waals surface area contributed by atoms with Gasteiger partial charge in [-0.25, -0.2) is 4.98 Å². The number of hydrogen-bond acceptors (Lipinski definition) is 1. The largest absolute Gasteiger partial charge is 0.334 e. The highest BCUT2D eigenvalue weighted by molar-refractivity contribution is 5.11. The summed E-state index contributed by atoms with van der Waals surface area (Å²) >= 11 is 0. The van der Waals surface area contributed by atoms with Crippen LogP contribution in [0, 0.1) is 5.92 Å². The first-order chi connectivity index (χ1) is 8.38. The monoisotopic (exact) mass is 250 g/mol. The number of aromatic nitrogens is 2. The Kier molecular flexibility index (Phi) is 5.43. The van der Waals surface area contributed by atoms with Gasteiger partial charge in [0.15, 0.2) is 0 Å². The van der Waals surface area contributed by atoms with Gasteiger partial charge in [-0.2, -0.15) is 0 Å². The molecule has 1 rings (SSSR count). The molecular formula is C16H30N2. The molecule has 0 fully saturated rings. The van der Waals surface area contributed by atoms with Gasteiger partial charge in [0.05, 0.1) is 12.0 Å². The zero-order chi connectivity index (χ0) is 13.8. The van der Waals surface area contributed by atoms with Crippen molar-refractivity contribution in [2.24, 2.45) is 5.92 Å². The maximum atomic E-state index is 4.63. The minimum absolute atomic E-state index is 0.205. The molecule has 2 nitrogen and oxygen atoms in total. The lowest BCUT2D eigenvalue weighted by Gasteiger charge is -2.22. The molecule has 104 valence electrons. The Morgan fingerprint density at radius 3 is 2.44 bits per heavy atom. The van der Waals surface area contributed by atoms with Crippen molar-refractivity contribution in [3.63, 3.8) is 0 Å². The van der Waals surface area contributed by atoms with E-state index in [-0.39, 0.29) is 5.41 Å². The van der Waals surface area contributed by atoms with Crippen molar-refractivity contribution < 1.29 is 0 Å². The normalized spacial score (nSPS) is 14.2. The Morgan fingerprint density at radius 1 is 1.22 bits per heavy atom. The average molecular weight is 250 g/mol. The number of rotatable bonds is 7. The Labute approximate surface area is 113 Å². The first-order valence-electron chi connectivity index (χ1n) is 7.42. The Morgan fingerprint density at radius 2 is 1.89 bits per heavy atom. The van der Waals surface area contributed by atoms with Crippen molar-refractivity contribution in [1.82, 2.24) is 9.55 Å². The highest BCUT2D eigenvalue weighted by Crippen LogP contribution is 2.29. The number of nitrogens with zero attached hydrogens (tertiary/aromatic N) is 2. The van der Waals surface area contributed by atoms with Crippen LogP contribution in [0.2, 0.25) is 0 Å². The summed E-state index contributed by atoms with van der Waals surface area (Å²) in [5.74, 6) is 0.648. The maximum absolute atomic E-state index is 4.63. The summed E-state index contributed by atoms with van der Waals surface area (Å²) < 4.78 is 2.27. The summed E-state index contributed by atoms with van der Waals surface area (Å²) in [4.78, 5) is 4.63. The topological polar surface area (TPSA) is 17.8 Å². The SMILES string of the molecule is CCCCCC(C)(C)c1cn(C(C)C(C)C)cn1. The molecule has 0 saturated carbocycles. The third kappa shape index (κ3) is 3.86. The minimum Gasteiger partial charge on any atom is -0.334 e. The van der Waals surface area contributed by atoms with Crippen molar-refractivity contribution in [2.45, 2.75) is 78.7 Å². The minimum atomic E-state index is 0.205. The molecule has 0 spiro atoms. The van der Waals surface area contributed by atoms with E-state index in [0.29, 0.717) is 12.0 Å². The van der Waals surface area contributed by atoms with Crippen LogP contribution >= 0.6 is 0 Å². The van der Waals surface area contributed by atoms with E-state index in [1.165, 1.54) is 31.4 Å². The highest BCUT2D eigenvalue weighted by atomic mass is 15.1. The zero-order valence-corrected chi connectivity index (χ0v) is 13.0. The molecule has 0 aliphatic heterocycles. The van der Waals surface area contributed by atoms with Crippen LogP contribution in [-0.4, -0.2) is 9.55 Å². The standard InChI is InChI=1S/C16H30N2/c1-7-8-9-10-16(5,6)15-11-18(12-17-15)14(4)13(2)3/h11-14H,7-10H2,1-6H3. The van der Waals surface area contributed by atoms with Crippen LogP contribution in [-0.2, 0) is 5.41 Å². The van der Waals surface area contributed by atoms with E-state index in [9.17, 15) is 0 Å². The number of imidazole rings is 1. The lowest BCUT2D eigenvalue weighted by atomic mass is 9.84. The summed E-state index contributed by atoms with van der Waals surface area (Å²) in [5, 5.41) is 0. The summed E-state index contributed by atoms with van der Waals surface area (Å²) in [5.41, 5.74) is 1.45. The molecule has 0 aliphatic rings. The molecule has 0 bridgehead atoms. The molecule has 0 N–H and O–H groups in total. The second-order valence-electron chi connectivity index (χ2n) is 6.53. The first-order valence-corrected chi connectivity index (χ1v) is 7.42. The molecule has 1 aromatic rings. The molecule has 1 aromatic heterocycles. The van der Waals surface area contributed by atoms with Gasteiger partial charge in [0, 0.05) is 17.7 Å². The van der Waals surface area contributed by atoms with Crippen LogP contribution < -0.4 is 0 Å². The second-order valence-corrected chi connectivity index (χ2v) is 6.53. The molecule has 1 atom stereocenters. The fourth-order valence-electron chi connectivity index (χ4n) is 2.20. The average Bonchev–Trinajstić information content (AvgIpc) is 2.78. The van der Waals surface area contributed by atoms with Crippen molar-refractivity contribution in [2.75, 3.05) is 0 Å². The Bertz CT molecular complexity index is 350. The van der Waals surface area contributed by atoms with E-state index in [4.69, 9.17) is 0 Å². The van der Waals surface area contributed by atoms with Crippen LogP contribution in [0.1, 0.15) is 79.0 Å².